The molecule has 1 aliphatic rings. The summed E-state index contributed by atoms with van der Waals surface area (Å²) in [5, 5.41) is 12.4. The van der Waals surface area contributed by atoms with Gasteiger partial charge in [-0.1, -0.05) is 12.1 Å². The first kappa shape index (κ1) is 15.2. The van der Waals surface area contributed by atoms with Crippen LogP contribution in [0.2, 0.25) is 0 Å². The van der Waals surface area contributed by atoms with Crippen LogP contribution < -0.4 is 10.1 Å². The van der Waals surface area contributed by atoms with Gasteiger partial charge in [-0.25, -0.2) is 9.18 Å². The lowest BCUT2D eigenvalue weighted by Gasteiger charge is -2.19. The number of carbonyl (C=O) groups is 2. The summed E-state index contributed by atoms with van der Waals surface area (Å²) in [7, 11) is 0. The summed E-state index contributed by atoms with van der Waals surface area (Å²) in [4.78, 5) is 24.5. The number of aliphatic hydroxyl groups is 1. The van der Waals surface area contributed by atoms with Crippen LogP contribution in [0.15, 0.2) is 24.3 Å². The molecule has 2 rings (SSSR count). The molecule has 0 saturated carbocycles. The lowest BCUT2D eigenvalue weighted by atomic mass is 10.1. The molecule has 1 fully saturated rings. The van der Waals surface area contributed by atoms with Crippen LogP contribution in [0.5, 0.6) is 5.75 Å². The van der Waals surface area contributed by atoms with Gasteiger partial charge >= 0.3 is 6.03 Å². The van der Waals surface area contributed by atoms with Crippen LogP contribution in [0.25, 0.3) is 0 Å². The lowest BCUT2D eigenvalue weighted by Crippen LogP contribution is -2.42. The molecule has 1 aromatic carbocycles. The number of benzene rings is 1. The van der Waals surface area contributed by atoms with Crippen LogP contribution >= 0.6 is 0 Å². The van der Waals surface area contributed by atoms with E-state index in [9.17, 15) is 19.1 Å². The van der Waals surface area contributed by atoms with E-state index in [-0.39, 0.29) is 18.9 Å². The zero-order chi connectivity index (χ0) is 15.6. The minimum absolute atomic E-state index is 0.00841. The Kier molecular flexibility index (Phi) is 4.13. The Morgan fingerprint density at radius 3 is 2.62 bits per heavy atom. The fourth-order valence-electron chi connectivity index (χ4n) is 1.99. The number of nitrogens with one attached hydrogen (secondary N) is 1. The number of hydrogen-bond acceptors (Lipinski definition) is 4. The molecule has 1 aliphatic heterocycles. The van der Waals surface area contributed by atoms with E-state index in [4.69, 9.17) is 4.74 Å². The van der Waals surface area contributed by atoms with Crippen molar-refractivity contribution in [3.05, 3.63) is 30.1 Å². The molecule has 2 N–H and O–H groups in total. The van der Waals surface area contributed by atoms with Crippen molar-refractivity contribution in [3.63, 3.8) is 0 Å². The van der Waals surface area contributed by atoms with Crippen molar-refractivity contribution < 1.29 is 23.8 Å². The maximum Gasteiger partial charge on any atom is 0.325 e. The van der Waals surface area contributed by atoms with Crippen LogP contribution in [-0.4, -0.2) is 46.7 Å². The molecule has 114 valence electrons. The molecule has 1 saturated heterocycles. The monoisotopic (exact) mass is 296 g/mol. The third-order valence-corrected chi connectivity index (χ3v) is 3.11. The van der Waals surface area contributed by atoms with Gasteiger partial charge < -0.3 is 15.2 Å². The zero-order valence-electron chi connectivity index (χ0n) is 11.8. The number of aliphatic hydroxyl groups excluding tert-OH is 1. The highest BCUT2D eigenvalue weighted by molar-refractivity contribution is 6.06. The van der Waals surface area contributed by atoms with Crippen molar-refractivity contribution >= 4 is 11.9 Å². The second-order valence-corrected chi connectivity index (χ2v) is 5.37. The van der Waals surface area contributed by atoms with Gasteiger partial charge in [-0.05, 0) is 26.0 Å². The topological polar surface area (TPSA) is 78.9 Å². The van der Waals surface area contributed by atoms with E-state index in [1.165, 1.54) is 18.2 Å². The molecule has 1 aromatic rings. The highest BCUT2D eigenvalue weighted by Crippen LogP contribution is 2.18. The molecule has 21 heavy (non-hydrogen) atoms. The number of hydrogen-bond donors (Lipinski definition) is 2. The highest BCUT2D eigenvalue weighted by Gasteiger charge is 2.44. The largest absolute Gasteiger partial charge is 0.488 e. The van der Waals surface area contributed by atoms with Gasteiger partial charge in [0.2, 0.25) is 0 Å². The molecular formula is C14H17FN2O4. The third-order valence-electron chi connectivity index (χ3n) is 3.11. The number of imide groups is 1. The van der Waals surface area contributed by atoms with Crippen molar-refractivity contribution in [2.75, 3.05) is 13.2 Å². The predicted octanol–water partition coefficient (Wildman–Crippen LogP) is 0.896. The van der Waals surface area contributed by atoms with E-state index in [1.54, 1.807) is 19.9 Å². The normalized spacial score (nSPS) is 18.6. The summed E-state index contributed by atoms with van der Waals surface area (Å²) in [6, 6.07) is 5.23. The quantitative estimate of drug-likeness (QED) is 0.791. The third kappa shape index (κ3) is 3.30. The maximum atomic E-state index is 13.3. The number of halogens is 1. The van der Waals surface area contributed by atoms with Crippen molar-refractivity contribution in [1.29, 1.82) is 0 Å². The smallest absolute Gasteiger partial charge is 0.325 e. The summed E-state index contributed by atoms with van der Waals surface area (Å²) in [6.07, 6.45) is -1.10. The molecule has 0 spiro atoms. The first-order valence-electron chi connectivity index (χ1n) is 6.51. The molecule has 0 aromatic heterocycles. The van der Waals surface area contributed by atoms with E-state index in [0.29, 0.717) is 0 Å². The van der Waals surface area contributed by atoms with Gasteiger partial charge in [0.15, 0.2) is 11.6 Å². The predicted molar refractivity (Wildman–Crippen MR) is 72.2 cm³/mol. The van der Waals surface area contributed by atoms with E-state index in [0.717, 1.165) is 4.90 Å². The van der Waals surface area contributed by atoms with E-state index < -0.39 is 29.4 Å². The van der Waals surface area contributed by atoms with Crippen molar-refractivity contribution in [2.45, 2.75) is 25.5 Å². The average Bonchev–Trinajstić information content (AvgIpc) is 2.60. The number of amides is 3. The molecule has 1 heterocycles. The number of nitrogens with zero attached hydrogens (tertiary/aromatic N) is 1. The van der Waals surface area contributed by atoms with Crippen LogP contribution in [0, 0.1) is 5.82 Å². The fourth-order valence-corrected chi connectivity index (χ4v) is 1.99. The second kappa shape index (κ2) is 5.69. The maximum absolute atomic E-state index is 13.3. The van der Waals surface area contributed by atoms with Crippen molar-refractivity contribution in [1.82, 2.24) is 10.2 Å². The van der Waals surface area contributed by atoms with E-state index in [2.05, 4.69) is 5.32 Å². The number of carbonyl (C=O) groups excluding carboxylic acids is 2. The second-order valence-electron chi connectivity index (χ2n) is 5.37. The number of rotatable bonds is 5. The molecule has 0 bridgehead atoms. The average molecular weight is 296 g/mol. The Balaban J connectivity index is 1.91. The summed E-state index contributed by atoms with van der Waals surface area (Å²) >= 11 is 0. The zero-order valence-corrected chi connectivity index (χ0v) is 11.8. The number of para-hydroxylation sites is 1. The fraction of sp³-hybridized carbons (Fsp3) is 0.429. The lowest BCUT2D eigenvalue weighted by molar-refractivity contribution is -0.131. The standard InChI is InChI=1S/C14H17FN2O4/c1-14(2)12(19)17(13(20)16-14)7-9(18)8-21-11-6-4-3-5-10(11)15/h3-6,9,18H,7-8H2,1-2H3,(H,16,20)/t9-/m1/s1. The van der Waals surface area contributed by atoms with Crippen molar-refractivity contribution in [3.8, 4) is 5.75 Å². The molecule has 0 unspecified atom stereocenters. The first-order chi connectivity index (χ1) is 9.81. The van der Waals surface area contributed by atoms with Gasteiger partial charge in [0.25, 0.3) is 5.91 Å². The summed E-state index contributed by atoms with van der Waals surface area (Å²) < 4.78 is 18.5. The van der Waals surface area contributed by atoms with Gasteiger partial charge in [-0.3, -0.25) is 9.69 Å². The van der Waals surface area contributed by atoms with Gasteiger partial charge in [0.05, 0.1) is 6.54 Å². The van der Waals surface area contributed by atoms with Gasteiger partial charge in [-0.15, -0.1) is 0 Å². The minimum Gasteiger partial charge on any atom is -0.488 e. The minimum atomic E-state index is -1.10. The summed E-state index contributed by atoms with van der Waals surface area (Å²) in [5.41, 5.74) is -0.983. The Bertz CT molecular complexity index is 562. The SMILES string of the molecule is CC1(C)NC(=O)N(C[C@@H](O)COc2ccccc2F)C1=O. The summed E-state index contributed by atoms with van der Waals surface area (Å²) in [6.45, 7) is 2.73. The number of ether oxygens (including phenoxy) is 1. The van der Waals surface area contributed by atoms with Crippen LogP contribution in [-0.2, 0) is 4.79 Å². The van der Waals surface area contributed by atoms with Gasteiger partial charge in [0, 0.05) is 0 Å². The Morgan fingerprint density at radius 1 is 1.38 bits per heavy atom. The molecule has 6 nitrogen and oxygen atoms in total. The van der Waals surface area contributed by atoms with Crippen LogP contribution in [0.3, 0.4) is 0 Å². The molecule has 0 aliphatic carbocycles. The highest BCUT2D eigenvalue weighted by atomic mass is 19.1. The Hall–Kier alpha value is -2.15. The van der Waals surface area contributed by atoms with Crippen LogP contribution in [0.4, 0.5) is 9.18 Å². The van der Waals surface area contributed by atoms with Gasteiger partial charge in [-0.2, -0.15) is 0 Å². The molecular weight excluding hydrogens is 279 g/mol. The number of urea groups is 1. The first-order valence-corrected chi connectivity index (χ1v) is 6.51. The van der Waals surface area contributed by atoms with E-state index in [1.807, 2.05) is 0 Å². The van der Waals surface area contributed by atoms with Crippen molar-refractivity contribution in [2.24, 2.45) is 0 Å². The molecule has 1 atom stereocenters. The van der Waals surface area contributed by atoms with Crippen LogP contribution in [0.1, 0.15) is 13.8 Å². The van der Waals surface area contributed by atoms with Gasteiger partial charge in [0.1, 0.15) is 18.2 Å². The molecule has 7 heteroatoms. The Labute approximate surface area is 121 Å². The molecule has 0 radical (unpaired) electrons. The molecule has 3 amide bonds. The summed E-state index contributed by atoms with van der Waals surface area (Å²) in [5.74, 6) is -0.952. The Morgan fingerprint density at radius 2 is 2.05 bits per heavy atom. The van der Waals surface area contributed by atoms with E-state index >= 15 is 0 Å². The number of β-amino-alcohol motifs (C(OH)–C–C–N with tert-alkyl or cyclic N) is 1.